The van der Waals surface area contributed by atoms with Crippen LogP contribution in [0.2, 0.25) is 4.34 Å². The average Bonchev–Trinajstić information content (AvgIpc) is 2.82. The van der Waals surface area contributed by atoms with E-state index >= 15 is 0 Å². The molecule has 7 heteroatoms. The van der Waals surface area contributed by atoms with Crippen LogP contribution in [0.4, 0.5) is 0 Å². The molecule has 0 saturated carbocycles. The Morgan fingerprint density at radius 2 is 2.21 bits per heavy atom. The first-order valence-corrected chi connectivity index (χ1v) is 7.14. The first-order valence-electron chi connectivity index (χ1n) is 5.95. The van der Waals surface area contributed by atoms with Crippen LogP contribution in [0.25, 0.3) is 0 Å². The molecule has 2 N–H and O–H groups in total. The minimum absolute atomic E-state index is 0. The Kier molecular flexibility index (Phi) is 6.56. The SMILES string of the molecule is COC1(C(=O)NCc2ccc(Cl)s2)CCNCC1.Cl. The highest BCUT2D eigenvalue weighted by molar-refractivity contribution is 7.16. The second-order valence-corrected chi connectivity index (χ2v) is 6.14. The Hall–Kier alpha value is -0.330. The summed E-state index contributed by atoms with van der Waals surface area (Å²) in [6, 6.07) is 3.76. The molecule has 0 unspecified atom stereocenters. The Bertz CT molecular complexity index is 420. The highest BCUT2D eigenvalue weighted by Gasteiger charge is 2.39. The van der Waals surface area contributed by atoms with E-state index in [0.717, 1.165) is 22.3 Å². The molecule has 1 aromatic heterocycles. The molecule has 0 radical (unpaired) electrons. The Labute approximate surface area is 128 Å². The molecular weight excluding hydrogens is 307 g/mol. The smallest absolute Gasteiger partial charge is 0.252 e. The quantitative estimate of drug-likeness (QED) is 0.892. The number of carbonyl (C=O) groups is 1. The number of carbonyl (C=O) groups excluding carboxylic acids is 1. The topological polar surface area (TPSA) is 50.4 Å². The van der Waals surface area contributed by atoms with Gasteiger partial charge in [0.2, 0.25) is 0 Å². The van der Waals surface area contributed by atoms with E-state index < -0.39 is 5.60 Å². The summed E-state index contributed by atoms with van der Waals surface area (Å²) in [6.07, 6.45) is 1.42. The molecule has 0 aliphatic carbocycles. The standard InChI is InChI=1S/C12H17ClN2O2S.ClH/c1-17-12(4-6-14-7-5-12)11(16)15-8-9-2-3-10(13)18-9;/h2-3,14H,4-8H2,1H3,(H,15,16);1H. The summed E-state index contributed by atoms with van der Waals surface area (Å²) in [5.74, 6) is -0.0315. The largest absolute Gasteiger partial charge is 0.368 e. The number of halogens is 2. The number of methoxy groups -OCH3 is 1. The van der Waals surface area contributed by atoms with Crippen LogP contribution in [0.1, 0.15) is 17.7 Å². The van der Waals surface area contributed by atoms with E-state index in [4.69, 9.17) is 16.3 Å². The molecule has 1 saturated heterocycles. The second-order valence-electron chi connectivity index (χ2n) is 4.34. The lowest BCUT2D eigenvalue weighted by molar-refractivity contribution is -0.146. The molecule has 2 rings (SSSR count). The number of nitrogens with one attached hydrogen (secondary N) is 2. The van der Waals surface area contributed by atoms with Gasteiger partial charge >= 0.3 is 0 Å². The minimum atomic E-state index is -0.674. The summed E-state index contributed by atoms with van der Waals surface area (Å²) in [6.45, 7) is 2.13. The molecule has 4 nitrogen and oxygen atoms in total. The van der Waals surface area contributed by atoms with Crippen molar-refractivity contribution in [2.45, 2.75) is 25.0 Å². The number of amides is 1. The van der Waals surface area contributed by atoms with Crippen molar-refractivity contribution in [2.75, 3.05) is 20.2 Å². The maximum absolute atomic E-state index is 12.2. The van der Waals surface area contributed by atoms with Gasteiger partial charge < -0.3 is 15.4 Å². The maximum Gasteiger partial charge on any atom is 0.252 e. The van der Waals surface area contributed by atoms with Gasteiger partial charge in [-0.15, -0.1) is 23.7 Å². The molecule has 1 aliphatic heterocycles. The summed E-state index contributed by atoms with van der Waals surface area (Å²) in [5, 5.41) is 6.16. The van der Waals surface area contributed by atoms with Crippen molar-refractivity contribution >= 4 is 41.3 Å². The third kappa shape index (κ3) is 4.07. The van der Waals surface area contributed by atoms with Gasteiger partial charge in [0.05, 0.1) is 10.9 Å². The van der Waals surface area contributed by atoms with E-state index in [1.165, 1.54) is 11.3 Å². The third-order valence-corrected chi connectivity index (χ3v) is 4.50. The van der Waals surface area contributed by atoms with Gasteiger partial charge in [0, 0.05) is 12.0 Å². The summed E-state index contributed by atoms with van der Waals surface area (Å²) >= 11 is 7.33. The number of hydrogen-bond acceptors (Lipinski definition) is 4. The number of ether oxygens (including phenoxy) is 1. The number of rotatable bonds is 4. The van der Waals surface area contributed by atoms with E-state index in [-0.39, 0.29) is 18.3 Å². The zero-order valence-electron chi connectivity index (χ0n) is 10.7. The number of hydrogen-bond donors (Lipinski definition) is 2. The fourth-order valence-corrected chi connectivity index (χ4v) is 3.16. The molecule has 1 aliphatic rings. The van der Waals surface area contributed by atoms with Crippen molar-refractivity contribution in [3.05, 3.63) is 21.3 Å². The molecular formula is C12H18Cl2N2O2S. The molecule has 1 aromatic rings. The Morgan fingerprint density at radius 1 is 1.53 bits per heavy atom. The van der Waals surface area contributed by atoms with E-state index in [1.807, 2.05) is 12.1 Å². The van der Waals surface area contributed by atoms with Gasteiger partial charge in [0.15, 0.2) is 0 Å². The third-order valence-electron chi connectivity index (χ3n) is 3.27. The van der Waals surface area contributed by atoms with Crippen LogP contribution < -0.4 is 10.6 Å². The van der Waals surface area contributed by atoms with Crippen LogP contribution in [0.3, 0.4) is 0 Å². The fraction of sp³-hybridized carbons (Fsp3) is 0.583. The normalized spacial score (nSPS) is 17.6. The highest BCUT2D eigenvalue weighted by Crippen LogP contribution is 2.24. The number of piperidine rings is 1. The van der Waals surface area contributed by atoms with Gasteiger partial charge in [0.1, 0.15) is 5.60 Å². The molecule has 0 atom stereocenters. The van der Waals surface area contributed by atoms with Crippen molar-refractivity contribution in [2.24, 2.45) is 0 Å². The Balaban J connectivity index is 0.00000180. The van der Waals surface area contributed by atoms with Crippen LogP contribution in [0, 0.1) is 0 Å². The summed E-state index contributed by atoms with van der Waals surface area (Å²) in [5.41, 5.74) is -0.674. The lowest BCUT2D eigenvalue weighted by Crippen LogP contribution is -2.53. The van der Waals surface area contributed by atoms with Gasteiger partial charge in [-0.1, -0.05) is 11.6 Å². The molecule has 0 bridgehead atoms. The molecule has 19 heavy (non-hydrogen) atoms. The van der Waals surface area contributed by atoms with Crippen molar-refractivity contribution in [1.29, 1.82) is 0 Å². The summed E-state index contributed by atoms with van der Waals surface area (Å²) in [4.78, 5) is 13.3. The minimum Gasteiger partial charge on any atom is -0.368 e. The molecule has 1 fully saturated rings. The lowest BCUT2D eigenvalue weighted by atomic mass is 9.91. The first kappa shape index (κ1) is 16.7. The van der Waals surface area contributed by atoms with Gasteiger partial charge in [-0.25, -0.2) is 0 Å². The Morgan fingerprint density at radius 3 is 2.74 bits per heavy atom. The monoisotopic (exact) mass is 324 g/mol. The van der Waals surface area contributed by atoms with Crippen LogP contribution in [0.5, 0.6) is 0 Å². The predicted molar refractivity (Wildman–Crippen MR) is 80.3 cm³/mol. The van der Waals surface area contributed by atoms with Crippen LogP contribution >= 0.6 is 35.3 Å². The maximum atomic E-state index is 12.2. The van der Waals surface area contributed by atoms with E-state index in [0.29, 0.717) is 19.4 Å². The summed E-state index contributed by atoms with van der Waals surface area (Å²) in [7, 11) is 1.60. The van der Waals surface area contributed by atoms with Crippen molar-refractivity contribution in [1.82, 2.24) is 10.6 Å². The van der Waals surface area contributed by atoms with Gasteiger partial charge in [-0.2, -0.15) is 0 Å². The van der Waals surface area contributed by atoms with Gasteiger partial charge in [-0.3, -0.25) is 4.79 Å². The van der Waals surface area contributed by atoms with E-state index in [9.17, 15) is 4.79 Å². The van der Waals surface area contributed by atoms with Gasteiger partial charge in [0.25, 0.3) is 5.91 Å². The van der Waals surface area contributed by atoms with Gasteiger partial charge in [-0.05, 0) is 38.1 Å². The van der Waals surface area contributed by atoms with Crippen molar-refractivity contribution < 1.29 is 9.53 Å². The highest BCUT2D eigenvalue weighted by atomic mass is 35.5. The zero-order chi connectivity index (χ0) is 13.0. The number of thiophene rings is 1. The van der Waals surface area contributed by atoms with Crippen molar-refractivity contribution in [3.8, 4) is 0 Å². The average molecular weight is 325 g/mol. The van der Waals surface area contributed by atoms with Crippen LogP contribution in [0.15, 0.2) is 12.1 Å². The predicted octanol–water partition coefficient (Wildman–Crippen LogP) is 2.21. The molecule has 0 spiro atoms. The summed E-state index contributed by atoms with van der Waals surface area (Å²) < 4.78 is 6.20. The molecule has 2 heterocycles. The van der Waals surface area contributed by atoms with Crippen LogP contribution in [-0.2, 0) is 16.1 Å². The lowest BCUT2D eigenvalue weighted by Gasteiger charge is -2.34. The first-order chi connectivity index (χ1) is 8.66. The van der Waals surface area contributed by atoms with Crippen LogP contribution in [-0.4, -0.2) is 31.7 Å². The fourth-order valence-electron chi connectivity index (χ4n) is 2.13. The zero-order valence-corrected chi connectivity index (χ0v) is 13.1. The molecule has 108 valence electrons. The second kappa shape index (κ2) is 7.45. The molecule has 0 aromatic carbocycles. The van der Waals surface area contributed by atoms with E-state index in [2.05, 4.69) is 10.6 Å². The van der Waals surface area contributed by atoms with Crippen molar-refractivity contribution in [3.63, 3.8) is 0 Å². The van der Waals surface area contributed by atoms with E-state index in [1.54, 1.807) is 7.11 Å². The molecule has 1 amide bonds.